The molecule has 1 fully saturated rings. The molecular formula is C18H27BrClN3O2. The van der Waals surface area contributed by atoms with Crippen LogP contribution >= 0.6 is 28.3 Å². The highest BCUT2D eigenvalue weighted by Crippen LogP contribution is 2.21. The smallest absolute Gasteiger partial charge is 0.239 e. The van der Waals surface area contributed by atoms with Crippen molar-refractivity contribution in [2.75, 3.05) is 18.4 Å². The van der Waals surface area contributed by atoms with Crippen LogP contribution in [0.2, 0.25) is 0 Å². The minimum absolute atomic E-state index is 0. The fourth-order valence-electron chi connectivity index (χ4n) is 2.98. The van der Waals surface area contributed by atoms with Gasteiger partial charge in [0.05, 0.1) is 6.04 Å². The first-order valence-corrected chi connectivity index (χ1v) is 9.27. The van der Waals surface area contributed by atoms with Gasteiger partial charge < -0.3 is 16.0 Å². The van der Waals surface area contributed by atoms with Gasteiger partial charge in [-0.15, -0.1) is 12.4 Å². The number of rotatable bonds is 5. The average molecular weight is 433 g/mol. The minimum atomic E-state index is -0.432. The molecule has 2 amide bonds. The highest BCUT2D eigenvalue weighted by atomic mass is 79.9. The Morgan fingerprint density at radius 3 is 2.32 bits per heavy atom. The van der Waals surface area contributed by atoms with Gasteiger partial charge in [-0.1, -0.05) is 29.8 Å². The fraction of sp³-hybridized carbons (Fsp3) is 0.556. The maximum absolute atomic E-state index is 12.4. The van der Waals surface area contributed by atoms with Crippen molar-refractivity contribution in [3.63, 3.8) is 0 Å². The molecule has 1 saturated heterocycles. The van der Waals surface area contributed by atoms with Crippen LogP contribution in [0.3, 0.4) is 0 Å². The number of anilines is 1. The molecule has 1 aliphatic heterocycles. The summed E-state index contributed by atoms with van der Waals surface area (Å²) in [6.07, 6.45) is 2.06. The van der Waals surface area contributed by atoms with Crippen molar-refractivity contribution in [3.05, 3.63) is 28.7 Å². The van der Waals surface area contributed by atoms with E-state index in [9.17, 15) is 9.59 Å². The van der Waals surface area contributed by atoms with E-state index in [-0.39, 0.29) is 30.1 Å². The Morgan fingerprint density at radius 2 is 1.80 bits per heavy atom. The largest absolute Gasteiger partial charge is 0.341 e. The lowest BCUT2D eigenvalue weighted by atomic mass is 9.94. The van der Waals surface area contributed by atoms with E-state index in [1.165, 1.54) is 0 Å². The number of carbonyl (C=O) groups excluding carboxylic acids is 2. The summed E-state index contributed by atoms with van der Waals surface area (Å²) in [6.45, 7) is 5.32. The molecule has 25 heavy (non-hydrogen) atoms. The number of halogens is 2. The van der Waals surface area contributed by atoms with E-state index in [0.717, 1.165) is 10.2 Å². The maximum atomic E-state index is 12.4. The summed E-state index contributed by atoms with van der Waals surface area (Å²) in [6, 6.07) is 7.09. The second-order valence-corrected chi connectivity index (χ2v) is 7.75. The number of carbonyl (C=O) groups is 2. The first kappa shape index (κ1) is 21.9. The van der Waals surface area contributed by atoms with Crippen LogP contribution in [0.5, 0.6) is 0 Å². The highest BCUT2D eigenvalue weighted by molar-refractivity contribution is 9.10. The minimum Gasteiger partial charge on any atom is -0.341 e. The molecule has 0 aliphatic carbocycles. The summed E-state index contributed by atoms with van der Waals surface area (Å²) in [5, 5.41) is 2.94. The Morgan fingerprint density at radius 1 is 1.24 bits per heavy atom. The first-order chi connectivity index (χ1) is 11.4. The third-order valence-corrected chi connectivity index (χ3v) is 4.86. The molecule has 0 aromatic heterocycles. The van der Waals surface area contributed by atoms with Gasteiger partial charge in [0.1, 0.15) is 0 Å². The van der Waals surface area contributed by atoms with E-state index in [2.05, 4.69) is 35.1 Å². The number of hydrogen-bond acceptors (Lipinski definition) is 3. The van der Waals surface area contributed by atoms with E-state index < -0.39 is 6.04 Å². The molecule has 0 saturated carbocycles. The number of nitrogens with zero attached hydrogens (tertiary/aromatic N) is 1. The van der Waals surface area contributed by atoms with Crippen molar-refractivity contribution in [1.82, 2.24) is 4.90 Å². The molecule has 0 radical (unpaired) electrons. The molecule has 1 heterocycles. The van der Waals surface area contributed by atoms with Crippen LogP contribution in [0.1, 0.15) is 33.1 Å². The molecule has 0 bridgehead atoms. The lowest BCUT2D eigenvalue weighted by Crippen LogP contribution is -2.48. The average Bonchev–Trinajstić information content (AvgIpc) is 2.55. The molecule has 1 atom stereocenters. The molecule has 1 aromatic carbocycles. The number of amides is 2. The van der Waals surface area contributed by atoms with Gasteiger partial charge in [-0.25, -0.2) is 0 Å². The Balaban J connectivity index is 0.00000312. The monoisotopic (exact) mass is 431 g/mol. The number of nitrogens with one attached hydrogen (secondary N) is 1. The number of piperidine rings is 1. The summed E-state index contributed by atoms with van der Waals surface area (Å²) in [7, 11) is 0. The second-order valence-electron chi connectivity index (χ2n) is 6.83. The van der Waals surface area contributed by atoms with Gasteiger partial charge in [0.25, 0.3) is 0 Å². The third-order valence-electron chi connectivity index (χ3n) is 4.33. The lowest BCUT2D eigenvalue weighted by Gasteiger charge is -2.33. The maximum Gasteiger partial charge on any atom is 0.239 e. The van der Waals surface area contributed by atoms with Crippen LogP contribution in [-0.2, 0) is 9.59 Å². The van der Waals surface area contributed by atoms with E-state index in [0.29, 0.717) is 38.3 Å². The molecule has 1 aliphatic rings. The molecule has 0 spiro atoms. The van der Waals surface area contributed by atoms with Crippen LogP contribution in [0.4, 0.5) is 5.69 Å². The van der Waals surface area contributed by atoms with Crippen molar-refractivity contribution in [2.45, 2.75) is 39.2 Å². The van der Waals surface area contributed by atoms with Crippen molar-refractivity contribution < 1.29 is 9.59 Å². The van der Waals surface area contributed by atoms with Crippen LogP contribution in [0.15, 0.2) is 28.7 Å². The van der Waals surface area contributed by atoms with Crippen LogP contribution in [-0.4, -0.2) is 35.8 Å². The van der Waals surface area contributed by atoms with Crippen molar-refractivity contribution in [2.24, 2.45) is 17.6 Å². The second kappa shape index (κ2) is 10.1. The zero-order valence-corrected chi connectivity index (χ0v) is 17.1. The zero-order chi connectivity index (χ0) is 17.7. The molecule has 2 rings (SSSR count). The first-order valence-electron chi connectivity index (χ1n) is 8.47. The highest BCUT2D eigenvalue weighted by Gasteiger charge is 2.29. The Bertz CT molecular complexity index is 572. The number of nitrogens with two attached hydrogens (primary N) is 1. The van der Waals surface area contributed by atoms with E-state index >= 15 is 0 Å². The normalized spacial score (nSPS) is 16.3. The molecule has 0 unspecified atom stereocenters. The lowest BCUT2D eigenvalue weighted by molar-refractivity contribution is -0.136. The fourth-order valence-corrected chi connectivity index (χ4v) is 3.25. The Hall–Kier alpha value is -1.11. The van der Waals surface area contributed by atoms with Crippen molar-refractivity contribution in [3.8, 4) is 0 Å². The molecule has 3 N–H and O–H groups in total. The molecule has 5 nitrogen and oxygen atoms in total. The predicted octanol–water partition coefficient (Wildman–Crippen LogP) is 3.42. The van der Waals surface area contributed by atoms with Gasteiger partial charge in [-0.05, 0) is 49.4 Å². The Labute approximate surface area is 164 Å². The number of hydrogen-bond donors (Lipinski definition) is 2. The predicted molar refractivity (Wildman–Crippen MR) is 107 cm³/mol. The zero-order valence-electron chi connectivity index (χ0n) is 14.7. The molecule has 7 heteroatoms. The van der Waals surface area contributed by atoms with Gasteiger partial charge in [0, 0.05) is 29.2 Å². The topological polar surface area (TPSA) is 75.4 Å². The van der Waals surface area contributed by atoms with Crippen molar-refractivity contribution in [1.29, 1.82) is 0 Å². The summed E-state index contributed by atoms with van der Waals surface area (Å²) in [4.78, 5) is 26.5. The number of benzene rings is 1. The quantitative estimate of drug-likeness (QED) is 0.748. The van der Waals surface area contributed by atoms with Crippen LogP contribution in [0, 0.1) is 11.8 Å². The van der Waals surface area contributed by atoms with E-state index in [1.807, 2.05) is 24.3 Å². The van der Waals surface area contributed by atoms with Gasteiger partial charge in [-0.3, -0.25) is 9.59 Å². The van der Waals surface area contributed by atoms with E-state index in [1.54, 1.807) is 4.90 Å². The van der Waals surface area contributed by atoms with Crippen LogP contribution in [0.25, 0.3) is 0 Å². The third kappa shape index (κ3) is 6.60. The molecular weight excluding hydrogens is 406 g/mol. The van der Waals surface area contributed by atoms with Crippen molar-refractivity contribution >= 4 is 45.8 Å². The summed E-state index contributed by atoms with van der Waals surface area (Å²) in [5.74, 6) is 0.378. The van der Waals surface area contributed by atoms with Crippen LogP contribution < -0.4 is 11.1 Å². The molecule has 1 aromatic rings. The van der Waals surface area contributed by atoms with E-state index in [4.69, 9.17) is 5.73 Å². The Kier molecular flexibility index (Phi) is 8.89. The summed E-state index contributed by atoms with van der Waals surface area (Å²) >= 11 is 3.37. The van der Waals surface area contributed by atoms with Gasteiger partial charge >= 0.3 is 0 Å². The number of likely N-dealkylation sites (tertiary alicyclic amines) is 1. The molecule has 140 valence electrons. The standard InChI is InChI=1S/C18H26BrN3O2.ClH/c1-12(2)11-16(20)18(24)22-9-7-13(8-10-22)17(23)21-15-5-3-14(19)4-6-15;/h3-6,12-13,16H,7-11,20H2,1-2H3,(H,21,23);1H/t16-;/m0./s1. The summed E-state index contributed by atoms with van der Waals surface area (Å²) < 4.78 is 0.977. The van der Waals surface area contributed by atoms with Gasteiger partial charge in [0.2, 0.25) is 11.8 Å². The van der Waals surface area contributed by atoms with Gasteiger partial charge in [-0.2, -0.15) is 0 Å². The van der Waals surface area contributed by atoms with Gasteiger partial charge in [0.15, 0.2) is 0 Å². The SMILES string of the molecule is CC(C)C[C@H](N)C(=O)N1CCC(C(=O)Nc2ccc(Br)cc2)CC1.Cl. The summed E-state index contributed by atoms with van der Waals surface area (Å²) in [5.41, 5.74) is 6.78.